The van der Waals surface area contributed by atoms with Gasteiger partial charge in [0.15, 0.2) is 5.78 Å². The Bertz CT molecular complexity index is 803. The lowest BCUT2D eigenvalue weighted by Gasteiger charge is -2.20. The lowest BCUT2D eigenvalue weighted by molar-refractivity contribution is 0.0874. The molecule has 2 aliphatic rings. The second kappa shape index (κ2) is 5.90. The second-order valence-corrected chi connectivity index (χ2v) is 6.66. The molecule has 2 saturated heterocycles. The molecule has 0 radical (unpaired) electrons. The highest BCUT2D eigenvalue weighted by Gasteiger charge is 2.45. The fourth-order valence-corrected chi connectivity index (χ4v) is 4.00. The Labute approximate surface area is 140 Å². The van der Waals surface area contributed by atoms with Crippen molar-refractivity contribution in [1.29, 1.82) is 5.26 Å². The first-order valence-corrected chi connectivity index (χ1v) is 8.31. The van der Waals surface area contributed by atoms with Gasteiger partial charge in [-0.25, -0.2) is 0 Å². The standard InChI is InChI=1S/C19H19N3O2/c20-10-13-1-3-15(4-2-13)21-8-7-14(11-21)19(24)12-22-16-5-6-17(22)18(23)9-16/h1-4,7-8,11,16-18,23H,5-6,9,12H2/t16?,17?,18-/m1/s1. The third-order valence-corrected chi connectivity index (χ3v) is 5.28. The van der Waals surface area contributed by atoms with Gasteiger partial charge >= 0.3 is 0 Å². The Kier molecular flexibility index (Phi) is 3.72. The van der Waals surface area contributed by atoms with Crippen LogP contribution in [0.4, 0.5) is 0 Å². The van der Waals surface area contributed by atoms with Crippen LogP contribution in [-0.4, -0.2) is 45.1 Å². The van der Waals surface area contributed by atoms with Crippen LogP contribution >= 0.6 is 0 Å². The molecule has 2 bridgehead atoms. The van der Waals surface area contributed by atoms with Crippen molar-refractivity contribution in [2.24, 2.45) is 0 Å². The van der Waals surface area contributed by atoms with Crippen LogP contribution in [0.15, 0.2) is 42.7 Å². The van der Waals surface area contributed by atoms with Gasteiger partial charge in [-0.05, 0) is 49.6 Å². The molecule has 0 saturated carbocycles. The first kappa shape index (κ1) is 15.1. The summed E-state index contributed by atoms with van der Waals surface area (Å²) in [6.45, 7) is 0.379. The number of hydrogen-bond donors (Lipinski definition) is 1. The zero-order valence-corrected chi connectivity index (χ0v) is 13.3. The fourth-order valence-electron chi connectivity index (χ4n) is 4.00. The van der Waals surface area contributed by atoms with E-state index < -0.39 is 0 Å². The summed E-state index contributed by atoms with van der Waals surface area (Å²) in [5.41, 5.74) is 2.22. The molecule has 2 aromatic rings. The molecule has 2 unspecified atom stereocenters. The van der Waals surface area contributed by atoms with Crippen molar-refractivity contribution in [3.05, 3.63) is 53.9 Å². The number of Topliss-reactive ketones (excluding diaryl/α,β-unsaturated/α-hetero) is 1. The van der Waals surface area contributed by atoms with Crippen molar-refractivity contribution >= 4 is 5.78 Å². The van der Waals surface area contributed by atoms with Gasteiger partial charge in [-0.3, -0.25) is 9.69 Å². The molecule has 1 N–H and O–H groups in total. The summed E-state index contributed by atoms with van der Waals surface area (Å²) in [5, 5.41) is 18.8. The third kappa shape index (κ3) is 2.54. The average molecular weight is 321 g/mol. The molecule has 0 aliphatic carbocycles. The van der Waals surface area contributed by atoms with E-state index in [1.807, 2.05) is 35.2 Å². The Morgan fingerprint density at radius 2 is 2.04 bits per heavy atom. The van der Waals surface area contributed by atoms with E-state index in [1.54, 1.807) is 12.1 Å². The number of benzene rings is 1. The number of nitrogens with zero attached hydrogens (tertiary/aromatic N) is 3. The molecule has 122 valence electrons. The molecule has 3 heterocycles. The van der Waals surface area contributed by atoms with Gasteiger partial charge < -0.3 is 9.67 Å². The number of nitriles is 1. The Morgan fingerprint density at radius 1 is 1.25 bits per heavy atom. The van der Waals surface area contributed by atoms with Gasteiger partial charge in [0, 0.05) is 35.7 Å². The van der Waals surface area contributed by atoms with Crippen LogP contribution in [0.2, 0.25) is 0 Å². The van der Waals surface area contributed by atoms with Gasteiger partial charge in [0.1, 0.15) is 0 Å². The molecule has 2 fully saturated rings. The van der Waals surface area contributed by atoms with Gasteiger partial charge in [0.2, 0.25) is 0 Å². The summed E-state index contributed by atoms with van der Waals surface area (Å²) in [6, 6.07) is 11.7. The zero-order valence-electron chi connectivity index (χ0n) is 13.3. The van der Waals surface area contributed by atoms with E-state index in [4.69, 9.17) is 5.26 Å². The lowest BCUT2D eigenvalue weighted by Crippen LogP contribution is -2.36. The van der Waals surface area contributed by atoms with Crippen LogP contribution in [0, 0.1) is 11.3 Å². The highest BCUT2D eigenvalue weighted by atomic mass is 16.3. The number of hydrogen-bond acceptors (Lipinski definition) is 4. The highest BCUT2D eigenvalue weighted by molar-refractivity contribution is 5.97. The van der Waals surface area contributed by atoms with Gasteiger partial charge in [0.05, 0.1) is 24.3 Å². The molecule has 0 amide bonds. The minimum atomic E-state index is -0.278. The molecule has 1 aromatic heterocycles. The first-order chi connectivity index (χ1) is 11.7. The first-order valence-electron chi connectivity index (χ1n) is 8.31. The SMILES string of the molecule is N#Cc1ccc(-n2ccc(C(=O)CN3C4CCC3[C@H](O)C4)c2)cc1. The van der Waals surface area contributed by atoms with Crippen LogP contribution in [0.1, 0.15) is 35.2 Å². The fraction of sp³-hybridized carbons (Fsp3) is 0.368. The maximum atomic E-state index is 12.6. The molecular weight excluding hydrogens is 302 g/mol. The van der Waals surface area contributed by atoms with Crippen molar-refractivity contribution in [3.63, 3.8) is 0 Å². The van der Waals surface area contributed by atoms with Crippen molar-refractivity contribution in [1.82, 2.24) is 9.47 Å². The maximum Gasteiger partial charge on any atom is 0.178 e. The van der Waals surface area contributed by atoms with E-state index in [0.717, 1.165) is 24.9 Å². The minimum Gasteiger partial charge on any atom is -0.391 e. The summed E-state index contributed by atoms with van der Waals surface area (Å²) in [7, 11) is 0. The molecule has 24 heavy (non-hydrogen) atoms. The smallest absolute Gasteiger partial charge is 0.178 e. The molecule has 4 rings (SSSR count). The minimum absolute atomic E-state index is 0.0911. The normalized spacial score (nSPS) is 25.8. The van der Waals surface area contributed by atoms with Crippen LogP contribution in [0.3, 0.4) is 0 Å². The van der Waals surface area contributed by atoms with E-state index in [9.17, 15) is 9.90 Å². The number of aliphatic hydroxyl groups is 1. The number of ketones is 1. The molecule has 2 aliphatic heterocycles. The van der Waals surface area contributed by atoms with E-state index >= 15 is 0 Å². The molecule has 3 atom stereocenters. The molecule has 5 nitrogen and oxygen atoms in total. The maximum absolute atomic E-state index is 12.6. The molecule has 1 aromatic carbocycles. The van der Waals surface area contributed by atoms with Crippen molar-refractivity contribution in [2.75, 3.05) is 6.54 Å². The highest BCUT2D eigenvalue weighted by Crippen LogP contribution is 2.37. The Hall–Kier alpha value is -2.42. The Balaban J connectivity index is 1.48. The number of carbonyl (C=O) groups excluding carboxylic acids is 1. The largest absolute Gasteiger partial charge is 0.391 e. The molecule has 5 heteroatoms. The average Bonchev–Trinajstić information content (AvgIpc) is 3.30. The number of rotatable bonds is 4. The number of aliphatic hydroxyl groups excluding tert-OH is 1. The topological polar surface area (TPSA) is 69.3 Å². The van der Waals surface area contributed by atoms with E-state index in [2.05, 4.69) is 11.0 Å². The number of aromatic nitrogens is 1. The molecular formula is C19H19N3O2. The van der Waals surface area contributed by atoms with Crippen molar-refractivity contribution < 1.29 is 9.90 Å². The summed E-state index contributed by atoms with van der Waals surface area (Å²) < 4.78 is 1.89. The predicted octanol–water partition coefficient (Wildman–Crippen LogP) is 2.13. The van der Waals surface area contributed by atoms with Crippen molar-refractivity contribution in [2.45, 2.75) is 37.5 Å². The summed E-state index contributed by atoms with van der Waals surface area (Å²) in [5.74, 6) is 0.0911. The van der Waals surface area contributed by atoms with Gasteiger partial charge in [-0.2, -0.15) is 5.26 Å². The van der Waals surface area contributed by atoms with Crippen LogP contribution in [0.5, 0.6) is 0 Å². The number of carbonyl (C=O) groups is 1. The van der Waals surface area contributed by atoms with Gasteiger partial charge in [-0.1, -0.05) is 0 Å². The quantitative estimate of drug-likeness (QED) is 0.876. The third-order valence-electron chi connectivity index (χ3n) is 5.28. The zero-order chi connectivity index (χ0) is 16.7. The van der Waals surface area contributed by atoms with Crippen LogP contribution in [0.25, 0.3) is 5.69 Å². The monoisotopic (exact) mass is 321 g/mol. The number of fused-ring (bicyclic) bond motifs is 2. The van der Waals surface area contributed by atoms with E-state index in [-0.39, 0.29) is 17.9 Å². The summed E-state index contributed by atoms with van der Waals surface area (Å²) >= 11 is 0. The van der Waals surface area contributed by atoms with Gasteiger partial charge in [-0.15, -0.1) is 0 Å². The molecule has 0 spiro atoms. The second-order valence-electron chi connectivity index (χ2n) is 6.66. The lowest BCUT2D eigenvalue weighted by atomic mass is 9.98. The summed E-state index contributed by atoms with van der Waals surface area (Å²) in [6.07, 6.45) is 6.29. The van der Waals surface area contributed by atoms with Gasteiger partial charge in [0.25, 0.3) is 0 Å². The Morgan fingerprint density at radius 3 is 2.67 bits per heavy atom. The predicted molar refractivity (Wildman–Crippen MR) is 89.0 cm³/mol. The van der Waals surface area contributed by atoms with Crippen LogP contribution in [-0.2, 0) is 0 Å². The van der Waals surface area contributed by atoms with Crippen LogP contribution < -0.4 is 0 Å². The van der Waals surface area contributed by atoms with Crippen molar-refractivity contribution in [3.8, 4) is 11.8 Å². The van der Waals surface area contributed by atoms with E-state index in [1.165, 1.54) is 0 Å². The summed E-state index contributed by atoms with van der Waals surface area (Å²) in [4.78, 5) is 14.8. The van der Waals surface area contributed by atoms with E-state index in [0.29, 0.717) is 23.7 Å².